The fraction of sp³-hybridized carbons (Fsp3) is 1.00. The maximum Gasteiger partial charge on any atom is 0.437 e. The maximum atomic E-state index is 12.5. The zero-order valence-corrected chi connectivity index (χ0v) is 8.95. The summed E-state index contributed by atoms with van der Waals surface area (Å²) in [4.78, 5) is 0. The molecular formula is C4Br2F8. The van der Waals surface area contributed by atoms with Gasteiger partial charge >= 0.3 is 21.5 Å². The van der Waals surface area contributed by atoms with Gasteiger partial charge in [0.15, 0.2) is 0 Å². The van der Waals surface area contributed by atoms with Gasteiger partial charge in [0.1, 0.15) is 0 Å². The topological polar surface area (TPSA) is 0 Å². The third-order valence-corrected chi connectivity index (χ3v) is 3.63. The van der Waals surface area contributed by atoms with Crippen molar-refractivity contribution >= 4 is 31.9 Å². The van der Waals surface area contributed by atoms with Gasteiger partial charge in [-0.05, 0) is 31.9 Å². The standard InChI is InChI=1S/C4Br2F8/c5-1(7,3(9,10)11)2(6,8)4(12,13)14/t1-,2-/m0/s1. The van der Waals surface area contributed by atoms with Crippen LogP contribution >= 0.6 is 31.9 Å². The molecule has 0 heterocycles. The minimum atomic E-state index is -6.05. The van der Waals surface area contributed by atoms with Crippen molar-refractivity contribution in [2.24, 2.45) is 0 Å². The van der Waals surface area contributed by atoms with E-state index >= 15 is 0 Å². The summed E-state index contributed by atoms with van der Waals surface area (Å²) in [6.07, 6.45) is -12.1. The fourth-order valence-corrected chi connectivity index (χ4v) is 0.806. The molecule has 10 heteroatoms. The van der Waals surface area contributed by atoms with Crippen LogP contribution in [0.3, 0.4) is 0 Å². The summed E-state index contributed by atoms with van der Waals surface area (Å²) in [7, 11) is 0. The molecule has 0 radical (unpaired) electrons. The molecule has 0 rings (SSSR count). The highest BCUT2D eigenvalue weighted by atomic mass is 79.9. The van der Waals surface area contributed by atoms with Crippen molar-refractivity contribution in [3.8, 4) is 0 Å². The van der Waals surface area contributed by atoms with Crippen LogP contribution in [0.5, 0.6) is 0 Å². The Morgan fingerprint density at radius 2 is 0.643 bits per heavy atom. The Labute approximate surface area is 88.9 Å². The largest absolute Gasteiger partial charge is 0.437 e. The van der Waals surface area contributed by atoms with E-state index in [9.17, 15) is 35.1 Å². The number of hydrogen-bond donors (Lipinski definition) is 0. The van der Waals surface area contributed by atoms with E-state index in [0.717, 1.165) is 31.9 Å². The van der Waals surface area contributed by atoms with Crippen molar-refractivity contribution in [2.45, 2.75) is 21.5 Å². The molecule has 0 aromatic heterocycles. The maximum absolute atomic E-state index is 12.5. The van der Waals surface area contributed by atoms with Crippen LogP contribution in [-0.4, -0.2) is 21.5 Å². The Morgan fingerprint density at radius 1 is 0.500 bits per heavy atom. The molecule has 2 atom stereocenters. The third kappa shape index (κ3) is 2.15. The van der Waals surface area contributed by atoms with Gasteiger partial charge in [0, 0.05) is 0 Å². The quantitative estimate of drug-likeness (QED) is 0.485. The van der Waals surface area contributed by atoms with Crippen molar-refractivity contribution in [3.05, 3.63) is 0 Å². The zero-order chi connectivity index (χ0) is 12.0. The minimum Gasteiger partial charge on any atom is -0.216 e. The second-order valence-corrected chi connectivity index (χ2v) is 4.33. The SMILES string of the molecule is FC(F)(F)[C@](F)(Br)[C@@](F)(Br)C(F)(F)F. The molecule has 0 aromatic rings. The summed E-state index contributed by atoms with van der Waals surface area (Å²) in [6.45, 7) is 0. The summed E-state index contributed by atoms with van der Waals surface area (Å²) in [5, 5.41) is 0. The van der Waals surface area contributed by atoms with E-state index in [0.29, 0.717) is 0 Å². The van der Waals surface area contributed by atoms with Crippen molar-refractivity contribution in [1.29, 1.82) is 0 Å². The highest BCUT2D eigenvalue weighted by molar-refractivity contribution is 9.12. The summed E-state index contributed by atoms with van der Waals surface area (Å²) in [5.41, 5.74) is 0. The summed E-state index contributed by atoms with van der Waals surface area (Å²) >= 11 is 2.05. The van der Waals surface area contributed by atoms with Crippen LogP contribution in [0, 0.1) is 0 Å². The molecule has 0 spiro atoms. The average molecular weight is 360 g/mol. The van der Waals surface area contributed by atoms with Gasteiger partial charge < -0.3 is 0 Å². The number of alkyl halides is 10. The van der Waals surface area contributed by atoms with Crippen LogP contribution in [-0.2, 0) is 0 Å². The lowest BCUT2D eigenvalue weighted by atomic mass is 10.2. The van der Waals surface area contributed by atoms with E-state index in [2.05, 4.69) is 0 Å². The lowest BCUT2D eigenvalue weighted by molar-refractivity contribution is -0.278. The normalized spacial score (nSPS) is 22.7. The van der Waals surface area contributed by atoms with Gasteiger partial charge in [0.05, 0.1) is 0 Å². The second-order valence-electron chi connectivity index (χ2n) is 2.14. The highest BCUT2D eigenvalue weighted by Gasteiger charge is 2.77. The molecule has 0 saturated heterocycles. The van der Waals surface area contributed by atoms with Gasteiger partial charge in [0.25, 0.3) is 0 Å². The Morgan fingerprint density at radius 3 is 0.714 bits per heavy atom. The van der Waals surface area contributed by atoms with Crippen LogP contribution in [0.1, 0.15) is 0 Å². The number of hydrogen-bond acceptors (Lipinski definition) is 0. The zero-order valence-electron chi connectivity index (χ0n) is 5.78. The molecule has 0 fully saturated rings. The van der Waals surface area contributed by atoms with E-state index in [1.54, 1.807) is 0 Å². The van der Waals surface area contributed by atoms with Crippen molar-refractivity contribution < 1.29 is 35.1 Å². The first-order valence-electron chi connectivity index (χ1n) is 2.64. The molecule has 0 amide bonds. The first kappa shape index (κ1) is 14.4. The smallest absolute Gasteiger partial charge is 0.216 e. The summed E-state index contributed by atoms with van der Waals surface area (Å²) in [6, 6.07) is 0. The third-order valence-electron chi connectivity index (χ3n) is 1.11. The molecular weight excluding hydrogens is 360 g/mol. The summed E-state index contributed by atoms with van der Waals surface area (Å²) < 4.78 is 84.6. The van der Waals surface area contributed by atoms with Gasteiger partial charge in [-0.25, -0.2) is 8.78 Å². The van der Waals surface area contributed by atoms with Gasteiger partial charge in [0.2, 0.25) is 0 Å². The van der Waals surface area contributed by atoms with E-state index in [4.69, 9.17) is 0 Å². The molecule has 0 N–H and O–H groups in total. The van der Waals surface area contributed by atoms with Gasteiger partial charge in [-0.2, -0.15) is 26.3 Å². The first-order chi connectivity index (χ1) is 5.75. The van der Waals surface area contributed by atoms with Crippen LogP contribution in [0.25, 0.3) is 0 Å². The van der Waals surface area contributed by atoms with Crippen LogP contribution in [0.15, 0.2) is 0 Å². The molecule has 0 saturated carbocycles. The average Bonchev–Trinajstić information content (AvgIpc) is 1.81. The van der Waals surface area contributed by atoms with Crippen LogP contribution in [0.4, 0.5) is 35.1 Å². The van der Waals surface area contributed by atoms with E-state index in [1.807, 2.05) is 0 Å². The van der Waals surface area contributed by atoms with Gasteiger partial charge in [-0.15, -0.1) is 0 Å². The number of rotatable bonds is 1. The fourth-order valence-electron chi connectivity index (χ4n) is 0.356. The van der Waals surface area contributed by atoms with Crippen molar-refractivity contribution in [1.82, 2.24) is 0 Å². The highest BCUT2D eigenvalue weighted by Crippen LogP contribution is 2.58. The predicted octanol–water partition coefficient (Wildman–Crippen LogP) is 4.23. The van der Waals surface area contributed by atoms with Crippen LogP contribution < -0.4 is 0 Å². The Bertz CT molecular complexity index is 188. The Balaban J connectivity index is 5.30. The minimum absolute atomic E-state index is 1.03. The van der Waals surface area contributed by atoms with Gasteiger partial charge in [-0.1, -0.05) is 0 Å². The van der Waals surface area contributed by atoms with Gasteiger partial charge in [-0.3, -0.25) is 0 Å². The molecule has 0 unspecified atom stereocenters. The summed E-state index contributed by atoms with van der Waals surface area (Å²) in [5.74, 6) is 0. The monoisotopic (exact) mass is 358 g/mol. The van der Waals surface area contributed by atoms with E-state index in [1.165, 1.54) is 0 Å². The first-order valence-corrected chi connectivity index (χ1v) is 4.23. The molecule has 0 aromatic carbocycles. The van der Waals surface area contributed by atoms with E-state index < -0.39 is 21.5 Å². The molecule has 14 heavy (non-hydrogen) atoms. The second kappa shape index (κ2) is 3.46. The molecule has 86 valence electrons. The molecule has 0 bridgehead atoms. The van der Waals surface area contributed by atoms with Crippen molar-refractivity contribution in [2.75, 3.05) is 0 Å². The molecule has 0 aliphatic rings. The number of halogens is 10. The lowest BCUT2D eigenvalue weighted by Gasteiger charge is -2.32. The Kier molecular flexibility index (Phi) is 3.56. The van der Waals surface area contributed by atoms with E-state index in [-0.39, 0.29) is 0 Å². The van der Waals surface area contributed by atoms with Crippen LogP contribution in [0.2, 0.25) is 0 Å². The molecule has 0 aliphatic carbocycles. The Hall–Kier alpha value is 0.400. The lowest BCUT2D eigenvalue weighted by Crippen LogP contribution is -2.57. The molecule has 0 nitrogen and oxygen atoms in total. The molecule has 0 aliphatic heterocycles. The predicted molar refractivity (Wildman–Crippen MR) is 37.6 cm³/mol. The van der Waals surface area contributed by atoms with Crippen molar-refractivity contribution in [3.63, 3.8) is 0 Å².